The Morgan fingerprint density at radius 1 is 1.39 bits per heavy atom. The fourth-order valence-electron chi connectivity index (χ4n) is 1.52. The first-order valence-corrected chi connectivity index (χ1v) is 5.70. The molecule has 1 N–H and O–H groups in total. The number of hydrogen-bond donors (Lipinski definition) is 1. The molecule has 0 aliphatic heterocycles. The highest BCUT2D eigenvalue weighted by Gasteiger charge is 2.13. The van der Waals surface area contributed by atoms with Crippen LogP contribution in [0.2, 0.25) is 0 Å². The predicted molar refractivity (Wildman–Crippen MR) is 68.8 cm³/mol. The number of methoxy groups -OCH3 is 1. The third-order valence-electron chi connectivity index (χ3n) is 2.43. The number of nitro groups is 1. The molecule has 0 unspecified atom stereocenters. The number of anilines is 1. The molecule has 1 rings (SSSR count). The fourth-order valence-corrected chi connectivity index (χ4v) is 1.52. The van der Waals surface area contributed by atoms with Crippen molar-refractivity contribution in [1.82, 2.24) is 0 Å². The van der Waals surface area contributed by atoms with Gasteiger partial charge in [0.2, 0.25) is 0 Å². The Labute approximate surface area is 106 Å². The van der Waals surface area contributed by atoms with Crippen LogP contribution in [0, 0.1) is 10.1 Å². The number of hydrogen-bond acceptors (Lipinski definition) is 5. The number of nitrogens with zero attached hydrogens (tertiary/aromatic N) is 1. The van der Waals surface area contributed by atoms with Crippen LogP contribution in [0.1, 0.15) is 12.0 Å². The predicted octanol–water partition coefficient (Wildman–Crippen LogP) is 2.19. The lowest BCUT2D eigenvalue weighted by Crippen LogP contribution is -2.01. The summed E-state index contributed by atoms with van der Waals surface area (Å²) in [6.45, 7) is 1.60. The molecule has 6 nitrogen and oxygen atoms in total. The smallest absolute Gasteiger partial charge is 0.292 e. The number of nitrogens with one attached hydrogen (secondary N) is 1. The van der Waals surface area contributed by atoms with E-state index in [1.807, 2.05) is 6.07 Å². The van der Waals surface area contributed by atoms with E-state index in [9.17, 15) is 10.1 Å². The highest BCUT2D eigenvalue weighted by Crippen LogP contribution is 2.25. The second-order valence-electron chi connectivity index (χ2n) is 3.76. The van der Waals surface area contributed by atoms with Gasteiger partial charge in [-0.2, -0.15) is 0 Å². The Hall–Kier alpha value is -1.66. The molecule has 100 valence electrons. The highest BCUT2D eigenvalue weighted by molar-refractivity contribution is 5.62. The summed E-state index contributed by atoms with van der Waals surface area (Å²) in [5.74, 6) is 0. The van der Waals surface area contributed by atoms with Gasteiger partial charge in [-0.15, -0.1) is 0 Å². The van der Waals surface area contributed by atoms with Crippen LogP contribution in [0.4, 0.5) is 11.4 Å². The molecule has 6 heteroatoms. The first kappa shape index (κ1) is 14.4. The van der Waals surface area contributed by atoms with Crippen LogP contribution in [0.25, 0.3) is 0 Å². The molecular weight excluding hydrogens is 236 g/mol. The summed E-state index contributed by atoms with van der Waals surface area (Å²) in [7, 11) is 3.29. The maximum absolute atomic E-state index is 10.9. The van der Waals surface area contributed by atoms with Gasteiger partial charge in [-0.1, -0.05) is 6.07 Å². The van der Waals surface area contributed by atoms with E-state index < -0.39 is 4.92 Å². The van der Waals surface area contributed by atoms with E-state index >= 15 is 0 Å². The van der Waals surface area contributed by atoms with Crippen molar-refractivity contribution in [3.8, 4) is 0 Å². The number of rotatable bonds is 8. The number of benzene rings is 1. The summed E-state index contributed by atoms with van der Waals surface area (Å²) in [5, 5.41) is 13.6. The van der Waals surface area contributed by atoms with Crippen molar-refractivity contribution >= 4 is 11.4 Å². The molecule has 18 heavy (non-hydrogen) atoms. The molecule has 0 radical (unpaired) electrons. The molecule has 0 aliphatic rings. The summed E-state index contributed by atoms with van der Waals surface area (Å²) >= 11 is 0. The third-order valence-corrected chi connectivity index (χ3v) is 2.43. The van der Waals surface area contributed by atoms with Crippen molar-refractivity contribution in [3.05, 3.63) is 33.9 Å². The Morgan fingerprint density at radius 3 is 2.78 bits per heavy atom. The lowest BCUT2D eigenvalue weighted by atomic mass is 10.2. The van der Waals surface area contributed by atoms with Crippen LogP contribution in [0.15, 0.2) is 18.2 Å². The Balaban J connectivity index is 2.56. The molecule has 0 aromatic heterocycles. The molecule has 0 heterocycles. The second-order valence-corrected chi connectivity index (χ2v) is 3.76. The topological polar surface area (TPSA) is 73.6 Å². The Bertz CT molecular complexity index is 396. The molecule has 0 fully saturated rings. The van der Waals surface area contributed by atoms with E-state index in [4.69, 9.17) is 9.47 Å². The minimum Gasteiger partial charge on any atom is -0.385 e. The van der Waals surface area contributed by atoms with Crippen LogP contribution >= 0.6 is 0 Å². The number of nitro benzene ring substituents is 1. The van der Waals surface area contributed by atoms with Crippen LogP contribution in [-0.4, -0.2) is 32.3 Å². The largest absolute Gasteiger partial charge is 0.385 e. The van der Waals surface area contributed by atoms with Gasteiger partial charge in [0, 0.05) is 33.4 Å². The molecule has 0 atom stereocenters. The van der Waals surface area contributed by atoms with E-state index in [1.54, 1.807) is 20.2 Å². The standard InChI is InChI=1S/C12H18N2O4/c1-13-11-5-4-10(8-12(11)14(15)16)9-18-7-3-6-17-2/h4-5,8,13H,3,6-7,9H2,1-2H3. The van der Waals surface area contributed by atoms with Gasteiger partial charge in [0.25, 0.3) is 5.69 Å². The zero-order valence-corrected chi connectivity index (χ0v) is 10.6. The molecule has 1 aromatic carbocycles. The summed E-state index contributed by atoms with van der Waals surface area (Å²) in [6, 6.07) is 5.03. The number of ether oxygens (including phenoxy) is 2. The molecular formula is C12H18N2O4. The maximum atomic E-state index is 10.9. The van der Waals surface area contributed by atoms with Crippen molar-refractivity contribution in [2.45, 2.75) is 13.0 Å². The van der Waals surface area contributed by atoms with Crippen LogP contribution in [-0.2, 0) is 16.1 Å². The zero-order valence-electron chi connectivity index (χ0n) is 10.6. The molecule has 1 aromatic rings. The van der Waals surface area contributed by atoms with Gasteiger partial charge >= 0.3 is 0 Å². The molecule has 0 amide bonds. The Morgan fingerprint density at radius 2 is 2.17 bits per heavy atom. The molecule has 0 spiro atoms. The average Bonchev–Trinajstić information content (AvgIpc) is 2.38. The lowest BCUT2D eigenvalue weighted by Gasteiger charge is -2.06. The average molecular weight is 254 g/mol. The van der Waals surface area contributed by atoms with Crippen LogP contribution in [0.3, 0.4) is 0 Å². The van der Waals surface area contributed by atoms with Gasteiger partial charge in [-0.3, -0.25) is 10.1 Å². The van der Waals surface area contributed by atoms with Crippen molar-refractivity contribution in [3.63, 3.8) is 0 Å². The monoisotopic (exact) mass is 254 g/mol. The molecule has 0 bridgehead atoms. The minimum absolute atomic E-state index is 0.0653. The van der Waals surface area contributed by atoms with Crippen molar-refractivity contribution in [1.29, 1.82) is 0 Å². The van der Waals surface area contributed by atoms with Gasteiger partial charge in [0.15, 0.2) is 0 Å². The van der Waals surface area contributed by atoms with E-state index in [0.717, 1.165) is 12.0 Å². The summed E-state index contributed by atoms with van der Waals surface area (Å²) in [6.07, 6.45) is 0.813. The molecule has 0 saturated heterocycles. The molecule has 0 aliphatic carbocycles. The second kappa shape index (κ2) is 7.62. The lowest BCUT2D eigenvalue weighted by molar-refractivity contribution is -0.384. The van der Waals surface area contributed by atoms with E-state index in [-0.39, 0.29) is 5.69 Å². The van der Waals surface area contributed by atoms with Gasteiger partial charge in [0.05, 0.1) is 11.5 Å². The van der Waals surface area contributed by atoms with Crippen LogP contribution in [0.5, 0.6) is 0 Å². The first-order valence-electron chi connectivity index (χ1n) is 5.70. The summed E-state index contributed by atoms with van der Waals surface area (Å²) in [4.78, 5) is 10.5. The minimum atomic E-state index is -0.403. The maximum Gasteiger partial charge on any atom is 0.292 e. The fraction of sp³-hybridized carbons (Fsp3) is 0.500. The third kappa shape index (κ3) is 4.31. The van der Waals surface area contributed by atoms with Crippen molar-refractivity contribution in [2.24, 2.45) is 0 Å². The van der Waals surface area contributed by atoms with E-state index in [0.29, 0.717) is 25.5 Å². The Kier molecular flexibility index (Phi) is 6.10. The van der Waals surface area contributed by atoms with Crippen molar-refractivity contribution < 1.29 is 14.4 Å². The van der Waals surface area contributed by atoms with Crippen LogP contribution < -0.4 is 5.32 Å². The van der Waals surface area contributed by atoms with E-state index in [1.165, 1.54) is 6.07 Å². The van der Waals surface area contributed by atoms with E-state index in [2.05, 4.69) is 5.32 Å². The zero-order chi connectivity index (χ0) is 13.4. The quantitative estimate of drug-likeness (QED) is 0.437. The normalized spacial score (nSPS) is 10.3. The molecule has 0 saturated carbocycles. The van der Waals surface area contributed by atoms with Gasteiger partial charge in [-0.05, 0) is 18.1 Å². The first-order chi connectivity index (χ1) is 8.69. The summed E-state index contributed by atoms with van der Waals surface area (Å²) in [5.41, 5.74) is 1.36. The SMILES string of the molecule is CNc1ccc(COCCCOC)cc1[N+](=O)[O-]. The van der Waals surface area contributed by atoms with Crippen molar-refractivity contribution in [2.75, 3.05) is 32.7 Å². The van der Waals surface area contributed by atoms with Gasteiger partial charge in [-0.25, -0.2) is 0 Å². The van der Waals surface area contributed by atoms with Gasteiger partial charge < -0.3 is 14.8 Å². The van der Waals surface area contributed by atoms with Gasteiger partial charge in [0.1, 0.15) is 5.69 Å². The summed E-state index contributed by atoms with van der Waals surface area (Å²) < 4.78 is 10.3. The highest BCUT2D eigenvalue weighted by atomic mass is 16.6.